The zero-order chi connectivity index (χ0) is 22.7. The molecule has 0 unspecified atom stereocenters. The molecule has 1 fully saturated rings. The Labute approximate surface area is 185 Å². The van der Waals surface area contributed by atoms with Crippen molar-refractivity contribution in [3.05, 3.63) is 88.8 Å². The van der Waals surface area contributed by atoms with Crippen LogP contribution in [0.15, 0.2) is 54.7 Å². The van der Waals surface area contributed by atoms with Crippen molar-refractivity contribution in [1.29, 1.82) is 0 Å². The summed E-state index contributed by atoms with van der Waals surface area (Å²) in [5.74, 6) is 0.0339. The Hall–Kier alpha value is -3.81. The molecule has 7 nitrogen and oxygen atoms in total. The summed E-state index contributed by atoms with van der Waals surface area (Å²) in [5.41, 5.74) is 7.44. The molecule has 2 amide bonds. The first-order chi connectivity index (χ1) is 15.4. The molecule has 0 radical (unpaired) electrons. The van der Waals surface area contributed by atoms with E-state index in [2.05, 4.69) is 9.97 Å². The molecule has 0 aliphatic carbocycles. The van der Waals surface area contributed by atoms with Crippen LogP contribution in [0.5, 0.6) is 5.75 Å². The number of nitrogens with zero attached hydrogens (tertiary/aromatic N) is 3. The van der Waals surface area contributed by atoms with E-state index in [1.54, 1.807) is 48.2 Å². The van der Waals surface area contributed by atoms with Crippen LogP contribution in [0, 0.1) is 12.7 Å². The van der Waals surface area contributed by atoms with E-state index in [-0.39, 0.29) is 29.9 Å². The van der Waals surface area contributed by atoms with E-state index >= 15 is 0 Å². The van der Waals surface area contributed by atoms with Gasteiger partial charge in [0.1, 0.15) is 18.2 Å². The van der Waals surface area contributed by atoms with E-state index in [0.29, 0.717) is 29.4 Å². The van der Waals surface area contributed by atoms with Gasteiger partial charge in [-0.1, -0.05) is 18.2 Å². The van der Waals surface area contributed by atoms with Crippen LogP contribution >= 0.6 is 0 Å². The number of hydrogen-bond donors (Lipinski definition) is 1. The lowest BCUT2D eigenvalue weighted by Crippen LogP contribution is -2.31. The van der Waals surface area contributed by atoms with Crippen molar-refractivity contribution in [2.45, 2.75) is 32.4 Å². The van der Waals surface area contributed by atoms with Gasteiger partial charge in [-0.2, -0.15) is 0 Å². The van der Waals surface area contributed by atoms with Gasteiger partial charge in [0.15, 0.2) is 5.82 Å². The number of primary amides is 1. The fourth-order valence-corrected chi connectivity index (χ4v) is 3.80. The number of hydrogen-bond acceptors (Lipinski definition) is 5. The number of benzene rings is 2. The molecular formula is C24H23FN4O3. The summed E-state index contributed by atoms with van der Waals surface area (Å²) in [6.07, 6.45) is 2.99. The number of ether oxygens (including phenoxy) is 1. The highest BCUT2D eigenvalue weighted by molar-refractivity contribution is 5.95. The summed E-state index contributed by atoms with van der Waals surface area (Å²) in [7, 11) is 0. The molecule has 1 aliphatic heterocycles. The van der Waals surface area contributed by atoms with Gasteiger partial charge in [0, 0.05) is 18.3 Å². The summed E-state index contributed by atoms with van der Waals surface area (Å²) in [4.78, 5) is 35.2. The Balaban J connectivity index is 1.49. The first-order valence-electron chi connectivity index (χ1n) is 10.3. The summed E-state index contributed by atoms with van der Waals surface area (Å²) < 4.78 is 18.8. The van der Waals surface area contributed by atoms with Gasteiger partial charge in [0.05, 0.1) is 17.3 Å². The third-order valence-corrected chi connectivity index (χ3v) is 5.47. The van der Waals surface area contributed by atoms with Crippen LogP contribution in [0.4, 0.5) is 4.39 Å². The number of nitrogens with two attached hydrogens (primary N) is 1. The van der Waals surface area contributed by atoms with Crippen molar-refractivity contribution in [2.75, 3.05) is 6.54 Å². The smallest absolute Gasteiger partial charge is 0.254 e. The Kier molecular flexibility index (Phi) is 6.11. The number of aryl methyl sites for hydroxylation is 1. The first kappa shape index (κ1) is 21.4. The predicted molar refractivity (Wildman–Crippen MR) is 115 cm³/mol. The van der Waals surface area contributed by atoms with Crippen LogP contribution in [0.1, 0.15) is 56.7 Å². The van der Waals surface area contributed by atoms with Crippen molar-refractivity contribution in [3.63, 3.8) is 0 Å². The second-order valence-electron chi connectivity index (χ2n) is 7.69. The largest absolute Gasteiger partial charge is 0.489 e. The van der Waals surface area contributed by atoms with Crippen molar-refractivity contribution in [3.8, 4) is 5.75 Å². The van der Waals surface area contributed by atoms with E-state index in [1.165, 1.54) is 18.3 Å². The molecule has 32 heavy (non-hydrogen) atoms. The molecule has 2 N–H and O–H groups in total. The number of halogens is 1. The van der Waals surface area contributed by atoms with Crippen LogP contribution in [0.25, 0.3) is 0 Å². The fourth-order valence-electron chi connectivity index (χ4n) is 3.80. The quantitative estimate of drug-likeness (QED) is 0.639. The average Bonchev–Trinajstić information content (AvgIpc) is 3.28. The first-order valence-corrected chi connectivity index (χ1v) is 10.3. The van der Waals surface area contributed by atoms with Crippen LogP contribution in [0.3, 0.4) is 0 Å². The van der Waals surface area contributed by atoms with Gasteiger partial charge < -0.3 is 15.4 Å². The lowest BCUT2D eigenvalue weighted by Gasteiger charge is -2.24. The highest BCUT2D eigenvalue weighted by Gasteiger charge is 2.33. The number of rotatable bonds is 6. The molecule has 1 atom stereocenters. The van der Waals surface area contributed by atoms with Gasteiger partial charge in [0.25, 0.3) is 11.8 Å². The van der Waals surface area contributed by atoms with E-state index in [1.807, 2.05) is 0 Å². The zero-order valence-electron chi connectivity index (χ0n) is 17.6. The number of carbonyl (C=O) groups is 2. The molecule has 1 aromatic heterocycles. The van der Waals surface area contributed by atoms with Gasteiger partial charge >= 0.3 is 0 Å². The van der Waals surface area contributed by atoms with Gasteiger partial charge in [-0.05, 0) is 55.7 Å². The summed E-state index contributed by atoms with van der Waals surface area (Å²) in [5, 5.41) is 0. The van der Waals surface area contributed by atoms with Crippen molar-refractivity contribution >= 4 is 11.8 Å². The SMILES string of the molecule is Cc1nc([C@@H]2CCCN2C(=O)c2cccc(OCc3ccc(F)cc3)c2)ncc1C(N)=O. The molecular weight excluding hydrogens is 411 g/mol. The summed E-state index contributed by atoms with van der Waals surface area (Å²) in [6.45, 7) is 2.56. The topological polar surface area (TPSA) is 98.4 Å². The Morgan fingerprint density at radius 2 is 2.00 bits per heavy atom. The maximum atomic E-state index is 13.3. The number of likely N-dealkylation sites (tertiary alicyclic amines) is 1. The second-order valence-corrected chi connectivity index (χ2v) is 7.69. The highest BCUT2D eigenvalue weighted by Crippen LogP contribution is 2.32. The molecule has 0 spiro atoms. The van der Waals surface area contributed by atoms with Crippen LogP contribution in [-0.2, 0) is 6.61 Å². The van der Waals surface area contributed by atoms with Gasteiger partial charge in [-0.3, -0.25) is 9.59 Å². The second kappa shape index (κ2) is 9.13. The standard InChI is InChI=1S/C24H23FN4O3/c1-15-20(22(26)30)13-27-23(28-15)21-6-3-11-29(21)24(31)17-4-2-5-19(12-17)32-14-16-7-9-18(25)10-8-16/h2,4-5,7-10,12-13,21H,3,6,11,14H2,1H3,(H2,26,30)/t21-/m0/s1. The Morgan fingerprint density at radius 3 is 2.72 bits per heavy atom. The third kappa shape index (κ3) is 4.59. The maximum absolute atomic E-state index is 13.3. The van der Waals surface area contributed by atoms with Gasteiger partial charge in [-0.25, -0.2) is 14.4 Å². The minimum atomic E-state index is -0.578. The van der Waals surface area contributed by atoms with E-state index in [0.717, 1.165) is 18.4 Å². The zero-order valence-corrected chi connectivity index (χ0v) is 17.6. The minimum absolute atomic E-state index is 0.139. The minimum Gasteiger partial charge on any atom is -0.489 e. The van der Waals surface area contributed by atoms with Gasteiger partial charge in [0.2, 0.25) is 0 Å². The normalized spacial score (nSPS) is 15.6. The van der Waals surface area contributed by atoms with Crippen molar-refractivity contribution < 1.29 is 18.7 Å². The van der Waals surface area contributed by atoms with Crippen molar-refractivity contribution in [2.24, 2.45) is 5.73 Å². The molecule has 3 aromatic rings. The van der Waals surface area contributed by atoms with Crippen LogP contribution in [-0.4, -0.2) is 33.2 Å². The Morgan fingerprint density at radius 1 is 1.22 bits per heavy atom. The molecule has 1 saturated heterocycles. The molecule has 2 heterocycles. The summed E-state index contributed by atoms with van der Waals surface area (Å²) in [6, 6.07) is 12.8. The van der Waals surface area contributed by atoms with Crippen LogP contribution in [0.2, 0.25) is 0 Å². The lowest BCUT2D eigenvalue weighted by molar-refractivity contribution is 0.0728. The number of carbonyl (C=O) groups excluding carboxylic acids is 2. The predicted octanol–water partition coefficient (Wildman–Crippen LogP) is 3.58. The molecule has 2 aromatic carbocycles. The van der Waals surface area contributed by atoms with E-state index in [4.69, 9.17) is 10.5 Å². The van der Waals surface area contributed by atoms with Crippen LogP contribution < -0.4 is 10.5 Å². The molecule has 164 valence electrons. The van der Waals surface area contributed by atoms with Gasteiger partial charge in [-0.15, -0.1) is 0 Å². The monoisotopic (exact) mass is 434 g/mol. The number of amides is 2. The number of aromatic nitrogens is 2. The molecule has 1 aliphatic rings. The molecule has 0 saturated carbocycles. The maximum Gasteiger partial charge on any atom is 0.254 e. The molecule has 0 bridgehead atoms. The average molecular weight is 434 g/mol. The highest BCUT2D eigenvalue weighted by atomic mass is 19.1. The summed E-state index contributed by atoms with van der Waals surface area (Å²) >= 11 is 0. The molecule has 8 heteroatoms. The lowest BCUT2D eigenvalue weighted by atomic mass is 10.1. The molecule has 4 rings (SSSR count). The van der Waals surface area contributed by atoms with Crippen molar-refractivity contribution in [1.82, 2.24) is 14.9 Å². The van der Waals surface area contributed by atoms with E-state index in [9.17, 15) is 14.0 Å². The third-order valence-electron chi connectivity index (χ3n) is 5.47. The Bertz CT molecular complexity index is 1150. The fraction of sp³-hybridized carbons (Fsp3) is 0.250. The van der Waals surface area contributed by atoms with E-state index < -0.39 is 5.91 Å².